The van der Waals surface area contributed by atoms with E-state index < -0.39 is 0 Å². The molecular formula is C9H11NOS. The van der Waals surface area contributed by atoms with Gasteiger partial charge in [-0.1, -0.05) is 30.4 Å². The molecule has 3 heteroatoms. The van der Waals surface area contributed by atoms with Crippen LogP contribution in [0.3, 0.4) is 0 Å². The van der Waals surface area contributed by atoms with Crippen molar-refractivity contribution in [3.05, 3.63) is 29.8 Å². The minimum absolute atomic E-state index is 0.486. The number of hydrogen-bond acceptors (Lipinski definition) is 2. The fraction of sp³-hybridized carbons (Fsp3) is 0.222. The molecule has 0 aliphatic rings. The maximum Gasteiger partial charge on any atom is 0.122 e. The molecule has 0 radical (unpaired) electrons. The Hall–Kier alpha value is -1.09. The largest absolute Gasteiger partial charge is 0.496 e. The van der Waals surface area contributed by atoms with E-state index in [1.165, 1.54) is 0 Å². The third-order valence-electron chi connectivity index (χ3n) is 1.56. The summed E-state index contributed by atoms with van der Waals surface area (Å²) < 4.78 is 5.13. The minimum atomic E-state index is 0.486. The smallest absolute Gasteiger partial charge is 0.122 e. The Morgan fingerprint density at radius 2 is 2.17 bits per heavy atom. The van der Waals surface area contributed by atoms with Crippen LogP contribution in [0.2, 0.25) is 0 Å². The first-order valence-corrected chi connectivity index (χ1v) is 4.05. The van der Waals surface area contributed by atoms with Gasteiger partial charge in [0.05, 0.1) is 12.1 Å². The molecule has 0 aromatic heterocycles. The van der Waals surface area contributed by atoms with Crippen LogP contribution >= 0.6 is 12.2 Å². The predicted molar refractivity (Wildman–Crippen MR) is 53.5 cm³/mol. The molecular weight excluding hydrogens is 170 g/mol. The summed E-state index contributed by atoms with van der Waals surface area (Å²) in [6.45, 7) is 0. The number of benzene rings is 1. The van der Waals surface area contributed by atoms with E-state index >= 15 is 0 Å². The normalized spacial score (nSPS) is 9.42. The summed E-state index contributed by atoms with van der Waals surface area (Å²) in [7, 11) is 1.64. The van der Waals surface area contributed by atoms with Crippen molar-refractivity contribution in [1.82, 2.24) is 0 Å². The SMILES string of the molecule is COc1ccccc1CC(N)=S. The van der Waals surface area contributed by atoms with Gasteiger partial charge in [-0.25, -0.2) is 0 Å². The highest BCUT2D eigenvalue weighted by Crippen LogP contribution is 2.17. The Labute approximate surface area is 77.3 Å². The summed E-state index contributed by atoms with van der Waals surface area (Å²) >= 11 is 4.81. The molecule has 64 valence electrons. The average molecular weight is 181 g/mol. The molecule has 2 nitrogen and oxygen atoms in total. The third-order valence-corrected chi connectivity index (χ3v) is 1.70. The predicted octanol–water partition coefficient (Wildman–Crippen LogP) is 1.52. The van der Waals surface area contributed by atoms with Crippen molar-refractivity contribution >= 4 is 17.2 Å². The van der Waals surface area contributed by atoms with Gasteiger partial charge in [0.15, 0.2) is 0 Å². The van der Waals surface area contributed by atoms with Crippen molar-refractivity contribution in [2.24, 2.45) is 5.73 Å². The number of hydrogen-bond donors (Lipinski definition) is 1. The zero-order valence-corrected chi connectivity index (χ0v) is 7.73. The van der Waals surface area contributed by atoms with E-state index in [9.17, 15) is 0 Å². The van der Waals surface area contributed by atoms with Gasteiger partial charge in [-0.05, 0) is 6.07 Å². The standard InChI is InChI=1S/C9H11NOS/c1-11-8-5-3-2-4-7(8)6-9(10)12/h2-5H,6H2,1H3,(H2,10,12). The van der Waals surface area contributed by atoms with Crippen molar-refractivity contribution in [2.45, 2.75) is 6.42 Å². The van der Waals surface area contributed by atoms with E-state index in [-0.39, 0.29) is 0 Å². The van der Waals surface area contributed by atoms with Crippen molar-refractivity contribution in [3.63, 3.8) is 0 Å². The lowest BCUT2D eigenvalue weighted by molar-refractivity contribution is 0.411. The summed E-state index contributed by atoms with van der Waals surface area (Å²) in [5.41, 5.74) is 6.46. The van der Waals surface area contributed by atoms with Crippen molar-refractivity contribution < 1.29 is 4.74 Å². The van der Waals surface area contributed by atoms with Crippen molar-refractivity contribution in [2.75, 3.05) is 7.11 Å². The Balaban J connectivity index is 2.89. The molecule has 0 atom stereocenters. The van der Waals surface area contributed by atoms with E-state index in [1.807, 2.05) is 24.3 Å². The Kier molecular flexibility index (Phi) is 3.05. The summed E-state index contributed by atoms with van der Waals surface area (Å²) in [6, 6.07) is 7.71. The zero-order chi connectivity index (χ0) is 8.97. The van der Waals surface area contributed by atoms with Gasteiger partial charge in [0, 0.05) is 12.0 Å². The molecule has 0 saturated carbocycles. The molecule has 0 saturated heterocycles. The molecule has 1 aromatic rings. The van der Waals surface area contributed by atoms with Gasteiger partial charge in [0.25, 0.3) is 0 Å². The maximum absolute atomic E-state index is 5.42. The number of para-hydroxylation sites is 1. The lowest BCUT2D eigenvalue weighted by Gasteiger charge is -2.05. The van der Waals surface area contributed by atoms with Crippen molar-refractivity contribution in [3.8, 4) is 5.75 Å². The monoisotopic (exact) mass is 181 g/mol. The molecule has 12 heavy (non-hydrogen) atoms. The van der Waals surface area contributed by atoms with Gasteiger partial charge in [-0.3, -0.25) is 0 Å². The van der Waals surface area contributed by atoms with Crippen LogP contribution in [0, 0.1) is 0 Å². The topological polar surface area (TPSA) is 35.2 Å². The second-order valence-corrected chi connectivity index (χ2v) is 2.98. The van der Waals surface area contributed by atoms with Crippen LogP contribution in [-0.4, -0.2) is 12.1 Å². The Morgan fingerprint density at radius 3 is 2.75 bits per heavy atom. The number of rotatable bonds is 3. The van der Waals surface area contributed by atoms with Gasteiger partial charge < -0.3 is 10.5 Å². The Morgan fingerprint density at radius 1 is 1.50 bits per heavy atom. The quantitative estimate of drug-likeness (QED) is 0.718. The second-order valence-electron chi connectivity index (χ2n) is 2.45. The summed E-state index contributed by atoms with van der Waals surface area (Å²) in [6.07, 6.45) is 0.597. The van der Waals surface area contributed by atoms with Gasteiger partial charge >= 0.3 is 0 Å². The first kappa shape index (κ1) is 9.00. The highest BCUT2D eigenvalue weighted by atomic mass is 32.1. The lowest BCUT2D eigenvalue weighted by atomic mass is 10.1. The first-order chi connectivity index (χ1) is 5.74. The van der Waals surface area contributed by atoms with E-state index in [2.05, 4.69) is 0 Å². The fourth-order valence-electron chi connectivity index (χ4n) is 1.04. The average Bonchev–Trinajstić information content (AvgIpc) is 2.04. The molecule has 1 aromatic carbocycles. The summed E-state index contributed by atoms with van der Waals surface area (Å²) in [5.74, 6) is 0.838. The Bertz CT molecular complexity index is 286. The molecule has 0 amide bonds. The minimum Gasteiger partial charge on any atom is -0.496 e. The molecule has 0 aliphatic carbocycles. The molecule has 2 N–H and O–H groups in total. The first-order valence-electron chi connectivity index (χ1n) is 3.64. The van der Waals surface area contributed by atoms with E-state index in [4.69, 9.17) is 22.7 Å². The second kappa shape index (κ2) is 4.07. The van der Waals surface area contributed by atoms with Crippen LogP contribution in [0.15, 0.2) is 24.3 Å². The maximum atomic E-state index is 5.42. The van der Waals surface area contributed by atoms with Gasteiger partial charge in [0.1, 0.15) is 5.75 Å². The number of nitrogens with two attached hydrogens (primary N) is 1. The highest BCUT2D eigenvalue weighted by molar-refractivity contribution is 7.80. The van der Waals surface area contributed by atoms with Crippen LogP contribution in [0.1, 0.15) is 5.56 Å². The van der Waals surface area contributed by atoms with Gasteiger partial charge in [-0.15, -0.1) is 0 Å². The number of ether oxygens (including phenoxy) is 1. The molecule has 0 aliphatic heterocycles. The molecule has 0 fully saturated rings. The van der Waals surface area contributed by atoms with E-state index in [0.717, 1.165) is 11.3 Å². The number of thiocarbonyl (C=S) groups is 1. The van der Waals surface area contributed by atoms with Gasteiger partial charge in [-0.2, -0.15) is 0 Å². The summed E-state index contributed by atoms with van der Waals surface area (Å²) in [4.78, 5) is 0.486. The van der Waals surface area contributed by atoms with E-state index in [1.54, 1.807) is 7.11 Å². The molecule has 0 spiro atoms. The van der Waals surface area contributed by atoms with Crippen LogP contribution in [0.25, 0.3) is 0 Å². The van der Waals surface area contributed by atoms with Crippen LogP contribution in [0.5, 0.6) is 5.75 Å². The van der Waals surface area contributed by atoms with Crippen LogP contribution in [0.4, 0.5) is 0 Å². The van der Waals surface area contributed by atoms with Crippen LogP contribution in [-0.2, 0) is 6.42 Å². The summed E-state index contributed by atoms with van der Waals surface area (Å²) in [5, 5.41) is 0. The van der Waals surface area contributed by atoms with Crippen molar-refractivity contribution in [1.29, 1.82) is 0 Å². The molecule has 0 heterocycles. The fourth-order valence-corrected chi connectivity index (χ4v) is 1.19. The number of methoxy groups -OCH3 is 1. The lowest BCUT2D eigenvalue weighted by Crippen LogP contribution is -2.11. The highest BCUT2D eigenvalue weighted by Gasteiger charge is 2.01. The van der Waals surface area contributed by atoms with Crippen LogP contribution < -0.4 is 10.5 Å². The third kappa shape index (κ3) is 2.20. The molecule has 1 rings (SSSR count). The molecule has 0 unspecified atom stereocenters. The zero-order valence-electron chi connectivity index (χ0n) is 6.91. The van der Waals surface area contributed by atoms with E-state index in [0.29, 0.717) is 11.4 Å². The molecule has 0 bridgehead atoms. The van der Waals surface area contributed by atoms with Gasteiger partial charge in [0.2, 0.25) is 0 Å².